The summed E-state index contributed by atoms with van der Waals surface area (Å²) in [5.74, 6) is -1.53. The van der Waals surface area contributed by atoms with Crippen LogP contribution in [0.3, 0.4) is 0 Å². The number of carbonyl (C=O) groups is 1. The molecule has 1 amide bonds. The molecule has 0 radical (unpaired) electrons. The van der Waals surface area contributed by atoms with E-state index in [1.807, 2.05) is 36.1 Å². The van der Waals surface area contributed by atoms with Gasteiger partial charge in [-0.1, -0.05) is 11.6 Å². The lowest BCUT2D eigenvalue weighted by atomic mass is 9.71. The van der Waals surface area contributed by atoms with E-state index in [4.69, 9.17) is 0 Å². The Morgan fingerprint density at radius 3 is 2.34 bits per heavy atom. The van der Waals surface area contributed by atoms with Gasteiger partial charge in [-0.25, -0.2) is 8.78 Å². The Hall–Kier alpha value is -3.02. The number of likely N-dealkylation sites (tertiary alicyclic amines) is 1. The third kappa shape index (κ3) is 3.83. The predicted octanol–water partition coefficient (Wildman–Crippen LogP) is 5.34. The molecule has 5 rings (SSSR count). The number of anilines is 1. The number of pyridine rings is 1. The van der Waals surface area contributed by atoms with Crippen molar-refractivity contribution in [2.75, 3.05) is 31.1 Å². The van der Waals surface area contributed by atoms with Gasteiger partial charge in [-0.2, -0.15) is 0 Å². The average Bonchev–Trinajstić information content (AvgIpc) is 2.81. The van der Waals surface area contributed by atoms with Crippen LogP contribution in [0.15, 0.2) is 48.7 Å². The monoisotopic (exact) mass is 435 g/mol. The molecule has 0 aliphatic carbocycles. The van der Waals surface area contributed by atoms with Crippen molar-refractivity contribution < 1.29 is 13.6 Å². The molecule has 2 aromatic carbocycles. The van der Waals surface area contributed by atoms with Gasteiger partial charge in [0, 0.05) is 49.5 Å². The molecular formula is C26H27F2N3O. The van der Waals surface area contributed by atoms with Gasteiger partial charge in [0.2, 0.25) is 0 Å². The summed E-state index contributed by atoms with van der Waals surface area (Å²) >= 11 is 0. The molecule has 0 atom stereocenters. The second-order valence-electron chi connectivity index (χ2n) is 9.26. The van der Waals surface area contributed by atoms with E-state index in [2.05, 4.69) is 9.88 Å². The number of piperidine rings is 2. The number of benzene rings is 2. The standard InChI is InChI=1S/C26H27F2N3O/c1-18-2-5-24-21(16-18)20(6-11-29-24)25(32)31-14-9-26(10-15-31)7-12-30(13-8-26)19-3-4-22(27)23(28)17-19/h2-6,11,16-17H,7-10,12-15H2,1H3. The minimum Gasteiger partial charge on any atom is -0.371 e. The lowest BCUT2D eigenvalue weighted by Crippen LogP contribution is -2.48. The second kappa shape index (κ2) is 8.15. The zero-order chi connectivity index (χ0) is 22.3. The van der Waals surface area contributed by atoms with Crippen LogP contribution in [0, 0.1) is 24.0 Å². The molecule has 2 aliphatic heterocycles. The van der Waals surface area contributed by atoms with E-state index in [0.717, 1.165) is 79.6 Å². The van der Waals surface area contributed by atoms with Crippen LogP contribution in [0.4, 0.5) is 14.5 Å². The molecule has 3 aromatic rings. The van der Waals surface area contributed by atoms with Gasteiger partial charge >= 0.3 is 0 Å². The van der Waals surface area contributed by atoms with Gasteiger partial charge in [-0.15, -0.1) is 0 Å². The quantitative estimate of drug-likeness (QED) is 0.545. The summed E-state index contributed by atoms with van der Waals surface area (Å²) in [6.07, 6.45) is 5.68. The van der Waals surface area contributed by atoms with Crippen molar-refractivity contribution in [1.82, 2.24) is 9.88 Å². The number of aryl methyl sites for hydroxylation is 1. The number of hydrogen-bond acceptors (Lipinski definition) is 3. The maximum Gasteiger partial charge on any atom is 0.254 e. The van der Waals surface area contributed by atoms with Gasteiger partial charge < -0.3 is 9.80 Å². The molecule has 1 spiro atoms. The van der Waals surface area contributed by atoms with Gasteiger partial charge in [-0.3, -0.25) is 9.78 Å². The molecule has 4 nitrogen and oxygen atoms in total. The summed E-state index contributed by atoms with van der Waals surface area (Å²) in [6.45, 7) is 5.18. The number of carbonyl (C=O) groups excluding carboxylic acids is 1. The first-order valence-electron chi connectivity index (χ1n) is 11.3. The third-order valence-electron chi connectivity index (χ3n) is 7.33. The van der Waals surface area contributed by atoms with Crippen LogP contribution >= 0.6 is 0 Å². The minimum atomic E-state index is -0.809. The molecule has 6 heteroatoms. The highest BCUT2D eigenvalue weighted by atomic mass is 19.2. The van der Waals surface area contributed by atoms with Crippen molar-refractivity contribution in [3.05, 3.63) is 71.4 Å². The van der Waals surface area contributed by atoms with Crippen molar-refractivity contribution in [3.63, 3.8) is 0 Å². The SMILES string of the molecule is Cc1ccc2nccc(C(=O)N3CCC4(CC3)CCN(c3ccc(F)c(F)c3)CC4)c2c1. The summed E-state index contributed by atoms with van der Waals surface area (Å²) in [7, 11) is 0. The molecule has 3 heterocycles. The summed E-state index contributed by atoms with van der Waals surface area (Å²) in [5.41, 5.74) is 3.65. The largest absolute Gasteiger partial charge is 0.371 e. The van der Waals surface area contributed by atoms with E-state index in [-0.39, 0.29) is 11.3 Å². The molecule has 0 bridgehead atoms. The van der Waals surface area contributed by atoms with E-state index >= 15 is 0 Å². The zero-order valence-electron chi connectivity index (χ0n) is 18.3. The maximum atomic E-state index is 13.6. The van der Waals surface area contributed by atoms with E-state index in [1.165, 1.54) is 12.1 Å². The summed E-state index contributed by atoms with van der Waals surface area (Å²) in [4.78, 5) is 21.8. The number of rotatable bonds is 2. The van der Waals surface area contributed by atoms with E-state index < -0.39 is 11.6 Å². The fraction of sp³-hybridized carbons (Fsp3) is 0.385. The van der Waals surface area contributed by atoms with E-state index in [0.29, 0.717) is 0 Å². The van der Waals surface area contributed by atoms with Gasteiger partial charge in [0.25, 0.3) is 5.91 Å². The van der Waals surface area contributed by atoms with Crippen LogP contribution in [-0.4, -0.2) is 42.0 Å². The van der Waals surface area contributed by atoms with Crippen LogP contribution in [0.1, 0.15) is 41.6 Å². The molecule has 1 aromatic heterocycles. The van der Waals surface area contributed by atoms with Gasteiger partial charge in [-0.05, 0) is 68.4 Å². The molecule has 32 heavy (non-hydrogen) atoms. The number of hydrogen-bond donors (Lipinski definition) is 0. The average molecular weight is 436 g/mol. The smallest absolute Gasteiger partial charge is 0.254 e. The van der Waals surface area contributed by atoms with Crippen molar-refractivity contribution in [1.29, 1.82) is 0 Å². The van der Waals surface area contributed by atoms with Crippen LogP contribution in [0.2, 0.25) is 0 Å². The summed E-state index contributed by atoms with van der Waals surface area (Å²) in [5, 5.41) is 0.914. The number of amides is 1. The Morgan fingerprint density at radius 1 is 0.906 bits per heavy atom. The first kappa shape index (κ1) is 20.9. The van der Waals surface area contributed by atoms with E-state index in [9.17, 15) is 13.6 Å². The first-order valence-corrected chi connectivity index (χ1v) is 11.3. The van der Waals surface area contributed by atoms with Gasteiger partial charge in [0.05, 0.1) is 11.1 Å². The van der Waals surface area contributed by atoms with Crippen molar-refractivity contribution >= 4 is 22.5 Å². The Kier molecular flexibility index (Phi) is 5.31. The molecule has 0 N–H and O–H groups in total. The number of halogens is 2. The topological polar surface area (TPSA) is 36.4 Å². The number of aromatic nitrogens is 1. The fourth-order valence-electron chi connectivity index (χ4n) is 5.22. The van der Waals surface area contributed by atoms with Crippen LogP contribution in [-0.2, 0) is 0 Å². The highest BCUT2D eigenvalue weighted by molar-refractivity contribution is 6.06. The summed E-state index contributed by atoms with van der Waals surface area (Å²) < 4.78 is 26.9. The molecular weight excluding hydrogens is 408 g/mol. The van der Waals surface area contributed by atoms with Crippen molar-refractivity contribution in [3.8, 4) is 0 Å². The predicted molar refractivity (Wildman–Crippen MR) is 122 cm³/mol. The number of nitrogens with zero attached hydrogens (tertiary/aromatic N) is 3. The Balaban J connectivity index is 1.24. The zero-order valence-corrected chi connectivity index (χ0v) is 18.3. The Morgan fingerprint density at radius 2 is 1.62 bits per heavy atom. The van der Waals surface area contributed by atoms with Crippen molar-refractivity contribution in [2.45, 2.75) is 32.6 Å². The fourth-order valence-corrected chi connectivity index (χ4v) is 5.22. The van der Waals surface area contributed by atoms with Crippen LogP contribution < -0.4 is 4.90 Å². The minimum absolute atomic E-state index is 0.0806. The van der Waals surface area contributed by atoms with Crippen molar-refractivity contribution in [2.24, 2.45) is 5.41 Å². The number of fused-ring (bicyclic) bond motifs is 1. The Bertz CT molecular complexity index is 1160. The van der Waals surface area contributed by atoms with E-state index in [1.54, 1.807) is 12.3 Å². The normalized spacial score (nSPS) is 18.3. The highest BCUT2D eigenvalue weighted by Gasteiger charge is 2.39. The third-order valence-corrected chi connectivity index (χ3v) is 7.33. The summed E-state index contributed by atoms with van der Waals surface area (Å²) in [6, 6.07) is 12.0. The molecule has 2 fully saturated rings. The molecule has 0 unspecified atom stereocenters. The molecule has 2 saturated heterocycles. The lowest BCUT2D eigenvalue weighted by molar-refractivity contribution is 0.0516. The maximum absolute atomic E-state index is 13.6. The molecule has 0 saturated carbocycles. The van der Waals surface area contributed by atoms with Crippen LogP contribution in [0.25, 0.3) is 10.9 Å². The highest BCUT2D eigenvalue weighted by Crippen LogP contribution is 2.42. The molecule has 166 valence electrons. The van der Waals surface area contributed by atoms with Gasteiger partial charge in [0.15, 0.2) is 11.6 Å². The Labute approximate surface area is 186 Å². The lowest BCUT2D eigenvalue weighted by Gasteiger charge is -2.47. The van der Waals surface area contributed by atoms with Gasteiger partial charge in [0.1, 0.15) is 0 Å². The van der Waals surface area contributed by atoms with Crippen LogP contribution in [0.5, 0.6) is 0 Å². The first-order chi connectivity index (χ1) is 15.4. The second-order valence-corrected chi connectivity index (χ2v) is 9.26. The molecule has 2 aliphatic rings.